The molecule has 19 heavy (non-hydrogen) atoms. The van der Waals surface area contributed by atoms with Crippen LogP contribution in [0, 0.1) is 0 Å². The molecule has 1 atom stereocenters. The second-order valence-corrected chi connectivity index (χ2v) is 5.07. The number of hydrogen-bond acceptors (Lipinski definition) is 3. The summed E-state index contributed by atoms with van der Waals surface area (Å²) < 4.78 is 2.00. The quantitative estimate of drug-likeness (QED) is 0.881. The van der Waals surface area contributed by atoms with Gasteiger partial charge in [0, 0.05) is 43.7 Å². The molecular formula is C15H19N3O. The zero-order valence-corrected chi connectivity index (χ0v) is 11.1. The SMILES string of the molecule is Cn1ccnc1CCC(O)c1cccc2c1NCC2. The van der Waals surface area contributed by atoms with Crippen LogP contribution in [0.2, 0.25) is 0 Å². The number of imidazole rings is 1. The highest BCUT2D eigenvalue weighted by atomic mass is 16.3. The fourth-order valence-corrected chi connectivity index (χ4v) is 2.70. The molecule has 0 saturated carbocycles. The third-order valence-electron chi connectivity index (χ3n) is 3.80. The Kier molecular flexibility index (Phi) is 3.25. The molecule has 1 aromatic carbocycles. The Balaban J connectivity index is 1.73. The fourth-order valence-electron chi connectivity index (χ4n) is 2.70. The van der Waals surface area contributed by atoms with Gasteiger partial charge in [0.15, 0.2) is 0 Å². The number of aliphatic hydroxyl groups is 1. The average Bonchev–Trinajstić information content (AvgIpc) is 3.04. The highest BCUT2D eigenvalue weighted by Crippen LogP contribution is 2.32. The summed E-state index contributed by atoms with van der Waals surface area (Å²) in [5, 5.41) is 13.8. The first-order valence-corrected chi connectivity index (χ1v) is 6.75. The minimum atomic E-state index is -0.433. The number of fused-ring (bicyclic) bond motifs is 1. The van der Waals surface area contributed by atoms with Gasteiger partial charge in [-0.25, -0.2) is 4.98 Å². The molecule has 1 aliphatic rings. The van der Waals surface area contributed by atoms with Gasteiger partial charge in [-0.3, -0.25) is 0 Å². The molecule has 0 bridgehead atoms. The Bertz CT molecular complexity index is 577. The van der Waals surface area contributed by atoms with E-state index in [2.05, 4.69) is 16.4 Å². The Morgan fingerprint density at radius 3 is 3.16 bits per heavy atom. The topological polar surface area (TPSA) is 50.1 Å². The zero-order chi connectivity index (χ0) is 13.2. The Morgan fingerprint density at radius 1 is 1.47 bits per heavy atom. The third kappa shape index (κ3) is 2.36. The predicted molar refractivity (Wildman–Crippen MR) is 75.1 cm³/mol. The predicted octanol–water partition coefficient (Wildman–Crippen LogP) is 2.05. The highest BCUT2D eigenvalue weighted by molar-refractivity contribution is 5.61. The van der Waals surface area contributed by atoms with E-state index in [0.717, 1.165) is 36.5 Å². The van der Waals surface area contributed by atoms with Gasteiger partial charge < -0.3 is 15.0 Å². The standard InChI is InChI=1S/C15H19N3O/c1-18-10-9-16-14(18)6-5-13(19)12-4-2-3-11-7-8-17-15(11)12/h2-4,9-10,13,17,19H,5-8H2,1H3. The van der Waals surface area contributed by atoms with E-state index in [1.54, 1.807) is 6.20 Å². The summed E-state index contributed by atoms with van der Waals surface area (Å²) in [6.45, 7) is 0.971. The molecular weight excluding hydrogens is 238 g/mol. The van der Waals surface area contributed by atoms with Gasteiger partial charge in [0.2, 0.25) is 0 Å². The van der Waals surface area contributed by atoms with Crippen molar-refractivity contribution in [1.82, 2.24) is 9.55 Å². The monoisotopic (exact) mass is 257 g/mol. The van der Waals surface area contributed by atoms with Gasteiger partial charge in [0.1, 0.15) is 5.82 Å². The minimum Gasteiger partial charge on any atom is -0.388 e. The summed E-state index contributed by atoms with van der Waals surface area (Å²) >= 11 is 0. The number of rotatable bonds is 4. The molecule has 100 valence electrons. The molecule has 0 amide bonds. The molecule has 0 radical (unpaired) electrons. The number of nitrogens with zero attached hydrogens (tertiary/aromatic N) is 2. The van der Waals surface area contributed by atoms with Crippen molar-refractivity contribution in [3.63, 3.8) is 0 Å². The summed E-state index contributed by atoms with van der Waals surface area (Å²) in [6.07, 6.45) is 5.83. The molecule has 0 saturated heterocycles. The van der Waals surface area contributed by atoms with E-state index in [0.29, 0.717) is 6.42 Å². The molecule has 4 nitrogen and oxygen atoms in total. The molecule has 1 unspecified atom stereocenters. The van der Waals surface area contributed by atoms with Crippen LogP contribution in [0.5, 0.6) is 0 Å². The van der Waals surface area contributed by atoms with Gasteiger partial charge >= 0.3 is 0 Å². The van der Waals surface area contributed by atoms with Crippen molar-refractivity contribution >= 4 is 5.69 Å². The normalized spacial score (nSPS) is 15.1. The number of aryl methyl sites for hydroxylation is 2. The summed E-state index contributed by atoms with van der Waals surface area (Å²) in [5.41, 5.74) is 3.47. The second kappa shape index (κ2) is 5.05. The van der Waals surface area contributed by atoms with Crippen molar-refractivity contribution in [1.29, 1.82) is 0 Å². The molecule has 4 heteroatoms. The molecule has 2 aromatic rings. The number of anilines is 1. The fraction of sp³-hybridized carbons (Fsp3) is 0.400. The van der Waals surface area contributed by atoms with Gasteiger partial charge in [-0.15, -0.1) is 0 Å². The zero-order valence-electron chi connectivity index (χ0n) is 11.1. The first-order chi connectivity index (χ1) is 9.25. The molecule has 2 N–H and O–H groups in total. The molecule has 2 heterocycles. The number of aromatic nitrogens is 2. The van der Waals surface area contributed by atoms with Crippen LogP contribution in [-0.2, 0) is 19.9 Å². The average molecular weight is 257 g/mol. The van der Waals surface area contributed by atoms with E-state index >= 15 is 0 Å². The van der Waals surface area contributed by atoms with E-state index < -0.39 is 6.10 Å². The lowest BCUT2D eigenvalue weighted by Gasteiger charge is -2.15. The van der Waals surface area contributed by atoms with E-state index in [4.69, 9.17) is 0 Å². The van der Waals surface area contributed by atoms with Crippen LogP contribution < -0.4 is 5.32 Å². The van der Waals surface area contributed by atoms with E-state index in [9.17, 15) is 5.11 Å². The van der Waals surface area contributed by atoms with Crippen LogP contribution in [-0.4, -0.2) is 21.2 Å². The largest absolute Gasteiger partial charge is 0.388 e. The maximum atomic E-state index is 10.4. The number of para-hydroxylation sites is 1. The molecule has 1 aliphatic heterocycles. The Hall–Kier alpha value is -1.81. The smallest absolute Gasteiger partial charge is 0.108 e. The van der Waals surface area contributed by atoms with E-state index in [-0.39, 0.29) is 0 Å². The summed E-state index contributed by atoms with van der Waals surface area (Å²) in [5.74, 6) is 1.01. The lowest BCUT2D eigenvalue weighted by atomic mass is 10.00. The molecule has 3 rings (SSSR count). The van der Waals surface area contributed by atoms with Crippen LogP contribution in [0.4, 0.5) is 5.69 Å². The lowest BCUT2D eigenvalue weighted by Crippen LogP contribution is -2.06. The maximum absolute atomic E-state index is 10.4. The third-order valence-corrected chi connectivity index (χ3v) is 3.80. The first-order valence-electron chi connectivity index (χ1n) is 6.75. The van der Waals surface area contributed by atoms with Gasteiger partial charge in [0.05, 0.1) is 6.10 Å². The van der Waals surface area contributed by atoms with Gasteiger partial charge in [0.25, 0.3) is 0 Å². The van der Waals surface area contributed by atoms with Crippen LogP contribution in [0.3, 0.4) is 0 Å². The summed E-state index contributed by atoms with van der Waals surface area (Å²) in [6, 6.07) is 6.18. The molecule has 0 fully saturated rings. The van der Waals surface area contributed by atoms with E-state index in [1.807, 2.05) is 29.9 Å². The minimum absolute atomic E-state index is 0.433. The number of benzene rings is 1. The van der Waals surface area contributed by atoms with Crippen molar-refractivity contribution in [2.24, 2.45) is 7.05 Å². The Morgan fingerprint density at radius 2 is 2.37 bits per heavy atom. The Labute approximate surface area is 113 Å². The number of hydrogen-bond donors (Lipinski definition) is 2. The van der Waals surface area contributed by atoms with Crippen molar-refractivity contribution in [2.75, 3.05) is 11.9 Å². The first kappa shape index (κ1) is 12.2. The molecule has 1 aromatic heterocycles. The van der Waals surface area contributed by atoms with Gasteiger partial charge in [-0.2, -0.15) is 0 Å². The van der Waals surface area contributed by atoms with E-state index in [1.165, 1.54) is 5.56 Å². The van der Waals surface area contributed by atoms with Crippen molar-refractivity contribution in [3.8, 4) is 0 Å². The van der Waals surface area contributed by atoms with Crippen LogP contribution >= 0.6 is 0 Å². The second-order valence-electron chi connectivity index (χ2n) is 5.07. The van der Waals surface area contributed by atoms with Crippen molar-refractivity contribution in [3.05, 3.63) is 47.5 Å². The van der Waals surface area contributed by atoms with Crippen LogP contribution in [0.15, 0.2) is 30.6 Å². The van der Waals surface area contributed by atoms with Crippen LogP contribution in [0.1, 0.15) is 29.5 Å². The highest BCUT2D eigenvalue weighted by Gasteiger charge is 2.19. The lowest BCUT2D eigenvalue weighted by molar-refractivity contribution is 0.167. The van der Waals surface area contributed by atoms with Gasteiger partial charge in [-0.1, -0.05) is 18.2 Å². The summed E-state index contributed by atoms with van der Waals surface area (Å²) in [4.78, 5) is 4.29. The molecule has 0 aliphatic carbocycles. The number of nitrogens with one attached hydrogen (secondary N) is 1. The maximum Gasteiger partial charge on any atom is 0.108 e. The van der Waals surface area contributed by atoms with Gasteiger partial charge in [-0.05, 0) is 18.4 Å². The number of aliphatic hydroxyl groups excluding tert-OH is 1. The molecule has 0 spiro atoms. The van der Waals surface area contributed by atoms with Crippen molar-refractivity contribution < 1.29 is 5.11 Å². The van der Waals surface area contributed by atoms with Crippen molar-refractivity contribution in [2.45, 2.75) is 25.4 Å². The van der Waals surface area contributed by atoms with Crippen LogP contribution in [0.25, 0.3) is 0 Å². The summed E-state index contributed by atoms with van der Waals surface area (Å²) in [7, 11) is 1.98.